The largest absolute Gasteiger partial charge is 0.469 e. The number of nitrogens with one attached hydrogen (secondary N) is 1. The summed E-state index contributed by atoms with van der Waals surface area (Å²) in [5, 5.41) is 3.28. The summed E-state index contributed by atoms with van der Waals surface area (Å²) in [4.78, 5) is 11.1. The molecule has 1 atom stereocenters. The van der Waals surface area contributed by atoms with Crippen LogP contribution in [0.5, 0.6) is 0 Å². The minimum atomic E-state index is -0.439. The first kappa shape index (κ1) is 12.9. The monoisotopic (exact) mass is 245 g/mol. The highest BCUT2D eigenvalue weighted by Gasteiger charge is 2.18. The van der Waals surface area contributed by atoms with Gasteiger partial charge in [0.15, 0.2) is 0 Å². The molecule has 1 N–H and O–H groups in total. The van der Waals surface area contributed by atoms with Crippen LogP contribution in [0.1, 0.15) is 18.0 Å². The number of methoxy groups -OCH3 is 1. The van der Waals surface area contributed by atoms with Crippen molar-refractivity contribution in [3.8, 4) is 0 Å². The molecule has 0 radical (unpaired) electrons. The van der Waals surface area contributed by atoms with Crippen molar-refractivity contribution in [2.75, 3.05) is 14.2 Å². The number of halogens is 2. The Balaban J connectivity index is 2.94. The van der Waals surface area contributed by atoms with E-state index in [1.54, 1.807) is 7.05 Å². The Morgan fingerprint density at radius 2 is 2.31 bits per heavy atom. The van der Waals surface area contributed by atoms with E-state index in [1.165, 1.54) is 25.3 Å². The highest BCUT2D eigenvalue weighted by molar-refractivity contribution is 6.30. The molecular weight excluding hydrogens is 233 g/mol. The van der Waals surface area contributed by atoms with E-state index in [4.69, 9.17) is 11.6 Å². The van der Waals surface area contributed by atoms with Gasteiger partial charge in [-0.15, -0.1) is 0 Å². The zero-order valence-electron chi connectivity index (χ0n) is 9.09. The molecule has 1 aromatic rings. The van der Waals surface area contributed by atoms with Gasteiger partial charge in [0.25, 0.3) is 0 Å². The fourth-order valence-electron chi connectivity index (χ4n) is 1.40. The third-order valence-corrected chi connectivity index (χ3v) is 2.52. The second-order valence-corrected chi connectivity index (χ2v) is 3.72. The van der Waals surface area contributed by atoms with Crippen LogP contribution in [0, 0.1) is 5.82 Å². The van der Waals surface area contributed by atoms with E-state index in [9.17, 15) is 9.18 Å². The number of carbonyl (C=O) groups is 1. The lowest BCUT2D eigenvalue weighted by Gasteiger charge is -2.16. The van der Waals surface area contributed by atoms with E-state index in [0.717, 1.165) is 0 Å². The van der Waals surface area contributed by atoms with E-state index in [-0.39, 0.29) is 6.42 Å². The van der Waals surface area contributed by atoms with Crippen LogP contribution in [0.25, 0.3) is 0 Å². The van der Waals surface area contributed by atoms with Crippen LogP contribution in [0.4, 0.5) is 4.39 Å². The molecular formula is C11H13ClFNO2. The lowest BCUT2D eigenvalue weighted by molar-refractivity contribution is -0.141. The number of benzene rings is 1. The summed E-state index contributed by atoms with van der Waals surface area (Å²) >= 11 is 5.78. The predicted molar refractivity (Wildman–Crippen MR) is 59.8 cm³/mol. The van der Waals surface area contributed by atoms with Crippen LogP contribution < -0.4 is 5.32 Å². The second-order valence-electron chi connectivity index (χ2n) is 3.29. The molecule has 16 heavy (non-hydrogen) atoms. The first-order chi connectivity index (χ1) is 7.58. The number of carbonyl (C=O) groups excluding carboxylic acids is 1. The van der Waals surface area contributed by atoms with Gasteiger partial charge in [0, 0.05) is 16.6 Å². The van der Waals surface area contributed by atoms with Crippen molar-refractivity contribution >= 4 is 17.6 Å². The standard InChI is InChI=1S/C11H13ClFNO2/c1-14-10(6-11(15)16-2)8-5-7(12)3-4-9(8)13/h3-5,10,14H,6H2,1-2H3. The van der Waals surface area contributed by atoms with Gasteiger partial charge in [0.2, 0.25) is 0 Å². The van der Waals surface area contributed by atoms with Gasteiger partial charge in [-0.25, -0.2) is 4.39 Å². The highest BCUT2D eigenvalue weighted by Crippen LogP contribution is 2.23. The number of hydrogen-bond acceptors (Lipinski definition) is 3. The molecule has 0 spiro atoms. The van der Waals surface area contributed by atoms with E-state index in [0.29, 0.717) is 10.6 Å². The molecule has 1 unspecified atom stereocenters. The summed E-state index contributed by atoms with van der Waals surface area (Å²) < 4.78 is 18.1. The molecule has 5 heteroatoms. The minimum absolute atomic E-state index is 0.0598. The molecule has 1 rings (SSSR count). The average molecular weight is 246 g/mol. The summed E-state index contributed by atoms with van der Waals surface area (Å²) in [6.07, 6.45) is 0.0598. The van der Waals surface area contributed by atoms with Crippen molar-refractivity contribution < 1.29 is 13.9 Å². The Labute approximate surface area is 98.5 Å². The third kappa shape index (κ3) is 3.18. The van der Waals surface area contributed by atoms with E-state index in [1.807, 2.05) is 0 Å². The summed E-state index contributed by atoms with van der Waals surface area (Å²) in [6, 6.07) is 3.80. The summed E-state index contributed by atoms with van der Waals surface area (Å²) in [7, 11) is 2.94. The molecule has 0 aromatic heterocycles. The van der Waals surface area contributed by atoms with Gasteiger partial charge in [-0.2, -0.15) is 0 Å². The van der Waals surface area contributed by atoms with Crippen molar-refractivity contribution in [3.05, 3.63) is 34.6 Å². The Morgan fingerprint density at radius 3 is 2.88 bits per heavy atom. The molecule has 0 saturated heterocycles. The van der Waals surface area contributed by atoms with Crippen LogP contribution >= 0.6 is 11.6 Å². The highest BCUT2D eigenvalue weighted by atomic mass is 35.5. The molecule has 88 valence electrons. The quantitative estimate of drug-likeness (QED) is 0.828. The molecule has 0 bridgehead atoms. The van der Waals surface area contributed by atoms with Crippen molar-refractivity contribution in [2.24, 2.45) is 0 Å². The van der Waals surface area contributed by atoms with Gasteiger partial charge in [-0.3, -0.25) is 4.79 Å². The maximum atomic E-state index is 13.5. The minimum Gasteiger partial charge on any atom is -0.469 e. The van der Waals surface area contributed by atoms with Gasteiger partial charge >= 0.3 is 5.97 Å². The first-order valence-electron chi connectivity index (χ1n) is 4.77. The normalized spacial score (nSPS) is 12.2. The summed E-state index contributed by atoms with van der Waals surface area (Å²) in [5.74, 6) is -0.800. The van der Waals surface area contributed by atoms with Crippen molar-refractivity contribution in [3.63, 3.8) is 0 Å². The van der Waals surface area contributed by atoms with Crippen LogP contribution in [0.15, 0.2) is 18.2 Å². The zero-order chi connectivity index (χ0) is 12.1. The van der Waals surface area contributed by atoms with Crippen LogP contribution in [-0.4, -0.2) is 20.1 Å². The van der Waals surface area contributed by atoms with E-state index < -0.39 is 17.8 Å². The lowest BCUT2D eigenvalue weighted by Crippen LogP contribution is -2.21. The second kappa shape index (κ2) is 5.82. The van der Waals surface area contributed by atoms with Crippen molar-refractivity contribution in [2.45, 2.75) is 12.5 Å². The van der Waals surface area contributed by atoms with Crippen LogP contribution in [0.2, 0.25) is 5.02 Å². The molecule has 0 heterocycles. The number of rotatable bonds is 4. The molecule has 0 aliphatic rings. The molecule has 0 amide bonds. The van der Waals surface area contributed by atoms with Gasteiger partial charge in [0.1, 0.15) is 5.82 Å². The molecule has 3 nitrogen and oxygen atoms in total. The molecule has 0 saturated carbocycles. The molecule has 0 fully saturated rings. The zero-order valence-corrected chi connectivity index (χ0v) is 9.84. The van der Waals surface area contributed by atoms with Crippen LogP contribution in [0.3, 0.4) is 0 Å². The maximum absolute atomic E-state index is 13.5. The fraction of sp³-hybridized carbons (Fsp3) is 0.364. The van der Waals surface area contributed by atoms with Gasteiger partial charge < -0.3 is 10.1 Å². The third-order valence-electron chi connectivity index (χ3n) is 2.28. The summed E-state index contributed by atoms with van der Waals surface area (Å²) in [5.41, 5.74) is 0.361. The average Bonchev–Trinajstić information content (AvgIpc) is 2.29. The smallest absolute Gasteiger partial charge is 0.307 e. The Bertz CT molecular complexity index is 384. The summed E-state index contributed by atoms with van der Waals surface area (Å²) in [6.45, 7) is 0. The van der Waals surface area contributed by atoms with E-state index >= 15 is 0 Å². The topological polar surface area (TPSA) is 38.3 Å². The van der Waals surface area contributed by atoms with Crippen molar-refractivity contribution in [1.29, 1.82) is 0 Å². The number of esters is 1. The Hall–Kier alpha value is -1.13. The molecule has 0 aliphatic heterocycles. The fourth-order valence-corrected chi connectivity index (χ4v) is 1.58. The van der Waals surface area contributed by atoms with Crippen LogP contribution in [-0.2, 0) is 9.53 Å². The Morgan fingerprint density at radius 1 is 1.62 bits per heavy atom. The lowest BCUT2D eigenvalue weighted by atomic mass is 10.0. The number of hydrogen-bond donors (Lipinski definition) is 1. The predicted octanol–water partition coefficient (Wildman–Crippen LogP) is 2.30. The number of ether oxygens (including phenoxy) is 1. The van der Waals surface area contributed by atoms with Gasteiger partial charge in [0.05, 0.1) is 13.5 Å². The van der Waals surface area contributed by atoms with Gasteiger partial charge in [-0.05, 0) is 25.2 Å². The first-order valence-corrected chi connectivity index (χ1v) is 5.15. The van der Waals surface area contributed by atoms with Gasteiger partial charge in [-0.1, -0.05) is 11.6 Å². The SMILES string of the molecule is CNC(CC(=O)OC)c1cc(Cl)ccc1F. The molecule has 1 aromatic carbocycles. The van der Waals surface area contributed by atoms with E-state index in [2.05, 4.69) is 10.1 Å². The maximum Gasteiger partial charge on any atom is 0.307 e. The van der Waals surface area contributed by atoms with Crippen molar-refractivity contribution in [1.82, 2.24) is 5.32 Å². The Kier molecular flexibility index (Phi) is 4.71. The molecule has 0 aliphatic carbocycles.